The number of aliphatic hydroxyl groups is 1. The minimum atomic E-state index is -3.48. The van der Waals surface area contributed by atoms with Gasteiger partial charge in [-0.1, -0.05) is 18.2 Å². The first-order chi connectivity index (χ1) is 15.7. The third-order valence-electron chi connectivity index (χ3n) is 7.19. The molecule has 3 saturated heterocycles. The van der Waals surface area contributed by atoms with Gasteiger partial charge in [0.05, 0.1) is 17.7 Å². The fourth-order valence-electron chi connectivity index (χ4n) is 5.35. The number of sulfonamides is 1. The zero-order chi connectivity index (χ0) is 23.2. The molecule has 0 bridgehead atoms. The second-order valence-corrected chi connectivity index (χ2v) is 13.0. The average molecular weight is 492 g/mol. The van der Waals surface area contributed by atoms with Crippen LogP contribution in [0.5, 0.6) is 0 Å². The van der Waals surface area contributed by atoms with E-state index in [4.69, 9.17) is 4.74 Å². The maximum atomic E-state index is 13.2. The van der Waals surface area contributed by atoms with Gasteiger partial charge in [0.15, 0.2) is 0 Å². The summed E-state index contributed by atoms with van der Waals surface area (Å²) < 4.78 is 34.4. The number of likely N-dealkylation sites (tertiary alicyclic amines) is 1. The van der Waals surface area contributed by atoms with E-state index in [9.17, 15) is 13.5 Å². The molecule has 4 heterocycles. The standard InChI is InChI=1S/C24H33N3O4S2/c1-24(2,28)19-5-7-20(8-6-19)27-11-10-26(33(29,30)23-4-3-13-32-23)16-21(27)15-25-14-18-9-12-31-22(18)17-25/h3-8,13,18,21-22,28H,9-12,14-17H2,1-2H3/t18?,21-,22?/m0/s1. The molecule has 1 aromatic carbocycles. The number of hydrogen-bond donors (Lipinski definition) is 1. The van der Waals surface area contributed by atoms with Crippen molar-refractivity contribution in [2.24, 2.45) is 5.92 Å². The van der Waals surface area contributed by atoms with Crippen LogP contribution in [0.1, 0.15) is 25.8 Å². The first-order valence-electron chi connectivity index (χ1n) is 11.7. The van der Waals surface area contributed by atoms with Crippen LogP contribution >= 0.6 is 11.3 Å². The third-order valence-corrected chi connectivity index (χ3v) is 10.4. The summed E-state index contributed by atoms with van der Waals surface area (Å²) in [5.74, 6) is 0.596. The van der Waals surface area contributed by atoms with Crippen LogP contribution in [-0.2, 0) is 20.4 Å². The molecule has 5 rings (SSSR count). The summed E-state index contributed by atoms with van der Waals surface area (Å²) in [5.41, 5.74) is 1.04. The molecule has 0 amide bonds. The summed E-state index contributed by atoms with van der Waals surface area (Å²) in [6.07, 6.45) is 1.44. The smallest absolute Gasteiger partial charge is 0.252 e. The minimum Gasteiger partial charge on any atom is -0.386 e. The van der Waals surface area contributed by atoms with Crippen molar-refractivity contribution in [1.29, 1.82) is 0 Å². The second-order valence-electron chi connectivity index (χ2n) is 9.92. The van der Waals surface area contributed by atoms with E-state index in [1.165, 1.54) is 11.3 Å². The second kappa shape index (κ2) is 8.94. The molecule has 2 aromatic rings. The van der Waals surface area contributed by atoms with E-state index in [-0.39, 0.29) is 6.04 Å². The van der Waals surface area contributed by atoms with Crippen molar-refractivity contribution in [3.63, 3.8) is 0 Å². The van der Waals surface area contributed by atoms with Crippen molar-refractivity contribution >= 4 is 27.0 Å². The lowest BCUT2D eigenvalue weighted by atomic mass is 9.98. The molecule has 7 nitrogen and oxygen atoms in total. The first-order valence-corrected chi connectivity index (χ1v) is 14.0. The Balaban J connectivity index is 1.38. The zero-order valence-electron chi connectivity index (χ0n) is 19.3. The molecule has 33 heavy (non-hydrogen) atoms. The molecule has 1 aromatic heterocycles. The van der Waals surface area contributed by atoms with Crippen LogP contribution in [0, 0.1) is 5.92 Å². The van der Waals surface area contributed by atoms with Gasteiger partial charge >= 0.3 is 0 Å². The maximum absolute atomic E-state index is 13.2. The molecule has 0 spiro atoms. The van der Waals surface area contributed by atoms with E-state index < -0.39 is 15.6 Å². The number of anilines is 1. The highest BCUT2D eigenvalue weighted by atomic mass is 32.2. The highest BCUT2D eigenvalue weighted by Gasteiger charge is 2.41. The summed E-state index contributed by atoms with van der Waals surface area (Å²) in [4.78, 5) is 4.78. The van der Waals surface area contributed by atoms with Gasteiger partial charge in [-0.15, -0.1) is 11.3 Å². The number of hydrogen-bond acceptors (Lipinski definition) is 7. The predicted molar refractivity (Wildman–Crippen MR) is 130 cm³/mol. The number of rotatable bonds is 6. The molecule has 3 atom stereocenters. The lowest BCUT2D eigenvalue weighted by molar-refractivity contribution is 0.0786. The molecule has 0 aliphatic carbocycles. The molecular weight excluding hydrogens is 458 g/mol. The lowest BCUT2D eigenvalue weighted by Gasteiger charge is -2.43. The van der Waals surface area contributed by atoms with Crippen LogP contribution in [-0.4, -0.2) is 80.8 Å². The monoisotopic (exact) mass is 491 g/mol. The van der Waals surface area contributed by atoms with Gasteiger partial charge in [0.25, 0.3) is 10.0 Å². The minimum absolute atomic E-state index is 0.0419. The van der Waals surface area contributed by atoms with E-state index in [2.05, 4.69) is 9.80 Å². The summed E-state index contributed by atoms with van der Waals surface area (Å²) >= 11 is 1.28. The molecule has 9 heteroatoms. The van der Waals surface area contributed by atoms with Gasteiger partial charge in [0.1, 0.15) is 4.21 Å². The summed E-state index contributed by atoms with van der Waals surface area (Å²) in [6.45, 7) is 8.72. The van der Waals surface area contributed by atoms with Gasteiger partial charge < -0.3 is 14.7 Å². The van der Waals surface area contributed by atoms with Gasteiger partial charge in [0.2, 0.25) is 0 Å². The molecule has 0 radical (unpaired) electrons. The molecule has 0 saturated carbocycles. The SMILES string of the molecule is CC(C)(O)c1ccc(N2CCN(S(=O)(=O)c3cccs3)C[C@@H]2CN2CC3CCOC3C2)cc1. The largest absolute Gasteiger partial charge is 0.386 e. The number of thiophene rings is 1. The summed E-state index contributed by atoms with van der Waals surface area (Å²) in [6, 6.07) is 11.6. The van der Waals surface area contributed by atoms with Gasteiger partial charge in [0, 0.05) is 57.5 Å². The molecule has 2 unspecified atom stereocenters. The van der Waals surface area contributed by atoms with Gasteiger partial charge in [-0.3, -0.25) is 4.90 Å². The average Bonchev–Trinajstić information content (AvgIpc) is 3.51. The Hall–Kier alpha value is -1.49. The summed E-state index contributed by atoms with van der Waals surface area (Å²) in [5, 5.41) is 12.1. The molecule has 3 aliphatic rings. The third kappa shape index (κ3) is 4.72. The van der Waals surface area contributed by atoms with Gasteiger partial charge in [-0.25, -0.2) is 8.42 Å². The van der Waals surface area contributed by atoms with Crippen LogP contribution < -0.4 is 4.90 Å². The van der Waals surface area contributed by atoms with Crippen molar-refractivity contribution < 1.29 is 18.3 Å². The first kappa shape index (κ1) is 23.3. The fraction of sp³-hybridized carbons (Fsp3) is 0.583. The number of ether oxygens (including phenoxy) is 1. The Morgan fingerprint density at radius 3 is 2.58 bits per heavy atom. The van der Waals surface area contributed by atoms with Crippen molar-refractivity contribution in [3.05, 3.63) is 47.3 Å². The van der Waals surface area contributed by atoms with E-state index in [0.29, 0.717) is 35.9 Å². The van der Waals surface area contributed by atoms with Crippen molar-refractivity contribution in [2.75, 3.05) is 50.8 Å². The van der Waals surface area contributed by atoms with Crippen molar-refractivity contribution in [1.82, 2.24) is 9.21 Å². The van der Waals surface area contributed by atoms with E-state index in [1.54, 1.807) is 30.3 Å². The molecule has 1 N–H and O–H groups in total. The van der Waals surface area contributed by atoms with Gasteiger partial charge in [-0.2, -0.15) is 4.31 Å². The van der Waals surface area contributed by atoms with E-state index in [1.807, 2.05) is 29.6 Å². The molecule has 180 valence electrons. The van der Waals surface area contributed by atoms with Crippen LogP contribution in [0.3, 0.4) is 0 Å². The topological polar surface area (TPSA) is 73.3 Å². The fourth-order valence-corrected chi connectivity index (χ4v) is 7.96. The van der Waals surface area contributed by atoms with Crippen molar-refractivity contribution in [2.45, 2.75) is 42.2 Å². The number of piperazine rings is 1. The Kier molecular flexibility index (Phi) is 6.30. The van der Waals surface area contributed by atoms with Crippen LogP contribution in [0.25, 0.3) is 0 Å². The highest BCUT2D eigenvalue weighted by Crippen LogP contribution is 2.32. The molecule has 3 aliphatic heterocycles. The predicted octanol–water partition coefficient (Wildman–Crippen LogP) is 2.58. The highest BCUT2D eigenvalue weighted by molar-refractivity contribution is 7.91. The van der Waals surface area contributed by atoms with Gasteiger partial charge in [-0.05, 0) is 49.4 Å². The lowest BCUT2D eigenvalue weighted by Crippen LogP contribution is -2.58. The quantitative estimate of drug-likeness (QED) is 0.670. The Bertz CT molecular complexity index is 1040. The zero-order valence-corrected chi connectivity index (χ0v) is 20.9. The Morgan fingerprint density at radius 2 is 1.91 bits per heavy atom. The number of fused-ring (bicyclic) bond motifs is 1. The van der Waals surface area contributed by atoms with E-state index >= 15 is 0 Å². The number of nitrogens with zero attached hydrogens (tertiary/aromatic N) is 3. The molecule has 3 fully saturated rings. The maximum Gasteiger partial charge on any atom is 0.252 e. The van der Waals surface area contributed by atoms with Crippen molar-refractivity contribution in [3.8, 4) is 0 Å². The number of benzene rings is 1. The normalized spacial score (nSPS) is 27.2. The van der Waals surface area contributed by atoms with Crippen LogP contribution in [0.2, 0.25) is 0 Å². The Morgan fingerprint density at radius 1 is 1.12 bits per heavy atom. The molecular formula is C24H33N3O4S2. The van der Waals surface area contributed by atoms with Crippen LogP contribution in [0.4, 0.5) is 5.69 Å². The Labute approximate surface area is 200 Å². The summed E-state index contributed by atoms with van der Waals surface area (Å²) in [7, 11) is -3.48. The van der Waals surface area contributed by atoms with Crippen LogP contribution in [0.15, 0.2) is 46.0 Å². The van der Waals surface area contributed by atoms with E-state index in [0.717, 1.165) is 43.9 Å².